The number of rotatable bonds is 3. The van der Waals surface area contributed by atoms with Gasteiger partial charge >= 0.3 is 0 Å². The third-order valence-electron chi connectivity index (χ3n) is 4.31. The minimum atomic E-state index is -0.308. The molecule has 5 heteroatoms. The molecule has 2 aromatic rings. The number of piperazine rings is 1. The highest BCUT2D eigenvalue weighted by Crippen LogP contribution is 2.21. The summed E-state index contributed by atoms with van der Waals surface area (Å²) in [7, 11) is 0. The molecule has 1 aliphatic rings. The SMILES string of the molecule is CC(C)(C)C(=O)N1CCN(Cc2cc(-c3ccccc3)no2)CC1. The van der Waals surface area contributed by atoms with Gasteiger partial charge in [-0.3, -0.25) is 9.69 Å². The molecule has 0 aliphatic carbocycles. The Bertz CT molecular complexity index is 680. The van der Waals surface area contributed by atoms with E-state index in [0.717, 1.165) is 49.7 Å². The molecule has 0 saturated carbocycles. The number of aromatic nitrogens is 1. The van der Waals surface area contributed by atoms with Gasteiger partial charge in [0.05, 0.1) is 6.54 Å². The zero-order valence-corrected chi connectivity index (χ0v) is 14.7. The fourth-order valence-corrected chi connectivity index (χ4v) is 2.94. The summed E-state index contributed by atoms with van der Waals surface area (Å²) in [5, 5.41) is 4.16. The Morgan fingerprint density at radius 1 is 1.12 bits per heavy atom. The first kappa shape index (κ1) is 16.7. The third kappa shape index (κ3) is 3.85. The van der Waals surface area contributed by atoms with Crippen LogP contribution in [0.2, 0.25) is 0 Å². The molecule has 5 nitrogen and oxygen atoms in total. The van der Waals surface area contributed by atoms with E-state index >= 15 is 0 Å². The Kier molecular flexibility index (Phi) is 4.71. The molecular weight excluding hydrogens is 302 g/mol. The lowest BCUT2D eigenvalue weighted by Crippen LogP contribution is -2.51. The normalized spacial score (nSPS) is 16.4. The summed E-state index contributed by atoms with van der Waals surface area (Å²) in [6, 6.07) is 12.0. The van der Waals surface area contributed by atoms with E-state index in [1.165, 1.54) is 0 Å². The summed E-state index contributed by atoms with van der Waals surface area (Å²) in [6.45, 7) is 9.93. The van der Waals surface area contributed by atoms with Crippen molar-refractivity contribution in [3.05, 3.63) is 42.2 Å². The quantitative estimate of drug-likeness (QED) is 0.869. The van der Waals surface area contributed by atoms with E-state index < -0.39 is 0 Å². The number of carbonyl (C=O) groups excluding carboxylic acids is 1. The zero-order valence-electron chi connectivity index (χ0n) is 14.7. The highest BCUT2D eigenvalue weighted by Gasteiger charge is 2.29. The van der Waals surface area contributed by atoms with E-state index in [1.807, 2.05) is 62.1 Å². The van der Waals surface area contributed by atoms with Crippen molar-refractivity contribution >= 4 is 5.91 Å². The van der Waals surface area contributed by atoms with Crippen LogP contribution in [0.3, 0.4) is 0 Å². The predicted molar refractivity (Wildman–Crippen MR) is 93.3 cm³/mol. The largest absolute Gasteiger partial charge is 0.359 e. The molecular formula is C19H25N3O2. The lowest BCUT2D eigenvalue weighted by molar-refractivity contribution is -0.141. The van der Waals surface area contributed by atoms with Gasteiger partial charge in [0.25, 0.3) is 0 Å². The van der Waals surface area contributed by atoms with Gasteiger partial charge in [-0.1, -0.05) is 56.3 Å². The van der Waals surface area contributed by atoms with Crippen LogP contribution in [0.15, 0.2) is 40.9 Å². The first-order chi connectivity index (χ1) is 11.4. The second-order valence-electron chi connectivity index (χ2n) is 7.36. The predicted octanol–water partition coefficient (Wildman–Crippen LogP) is 3.03. The molecule has 0 spiro atoms. The van der Waals surface area contributed by atoms with E-state index in [9.17, 15) is 4.79 Å². The van der Waals surface area contributed by atoms with Gasteiger partial charge < -0.3 is 9.42 Å². The molecule has 3 rings (SSSR count). The number of benzene rings is 1. The maximum atomic E-state index is 12.3. The molecule has 128 valence electrons. The van der Waals surface area contributed by atoms with E-state index in [1.54, 1.807) is 0 Å². The first-order valence-corrected chi connectivity index (χ1v) is 8.46. The molecule has 1 aromatic heterocycles. The molecule has 1 fully saturated rings. The molecule has 0 unspecified atom stereocenters. The van der Waals surface area contributed by atoms with Crippen LogP contribution < -0.4 is 0 Å². The third-order valence-corrected chi connectivity index (χ3v) is 4.31. The molecule has 1 aromatic carbocycles. The van der Waals surface area contributed by atoms with E-state index in [4.69, 9.17) is 4.52 Å². The Balaban J connectivity index is 1.56. The summed E-state index contributed by atoms with van der Waals surface area (Å²) in [5.41, 5.74) is 1.62. The maximum Gasteiger partial charge on any atom is 0.228 e. The number of carbonyl (C=O) groups is 1. The lowest BCUT2D eigenvalue weighted by atomic mass is 9.94. The number of hydrogen-bond acceptors (Lipinski definition) is 4. The Hall–Kier alpha value is -2.14. The van der Waals surface area contributed by atoms with Crippen molar-refractivity contribution in [1.82, 2.24) is 15.0 Å². The molecule has 1 aliphatic heterocycles. The molecule has 24 heavy (non-hydrogen) atoms. The number of nitrogens with zero attached hydrogens (tertiary/aromatic N) is 3. The topological polar surface area (TPSA) is 49.6 Å². The smallest absolute Gasteiger partial charge is 0.228 e. The molecule has 0 radical (unpaired) electrons. The maximum absolute atomic E-state index is 12.3. The van der Waals surface area contributed by atoms with Gasteiger partial charge in [-0.05, 0) is 0 Å². The van der Waals surface area contributed by atoms with E-state index in [-0.39, 0.29) is 11.3 Å². The highest BCUT2D eigenvalue weighted by molar-refractivity contribution is 5.81. The average molecular weight is 327 g/mol. The van der Waals surface area contributed by atoms with Crippen LogP contribution in [0.5, 0.6) is 0 Å². The van der Waals surface area contributed by atoms with Crippen LogP contribution in [-0.2, 0) is 11.3 Å². The van der Waals surface area contributed by atoms with Crippen molar-refractivity contribution in [3.63, 3.8) is 0 Å². The van der Waals surface area contributed by atoms with Crippen molar-refractivity contribution in [2.45, 2.75) is 27.3 Å². The highest BCUT2D eigenvalue weighted by atomic mass is 16.5. The standard InChI is InChI=1S/C19H25N3O2/c1-19(2,3)18(23)22-11-9-21(10-12-22)14-16-13-17(20-24-16)15-7-5-4-6-8-15/h4-8,13H,9-12,14H2,1-3H3. The lowest BCUT2D eigenvalue weighted by Gasteiger charge is -2.37. The van der Waals surface area contributed by atoms with E-state index in [2.05, 4.69) is 10.1 Å². The zero-order chi connectivity index (χ0) is 17.2. The van der Waals surface area contributed by atoms with Crippen LogP contribution in [0.1, 0.15) is 26.5 Å². The first-order valence-electron chi connectivity index (χ1n) is 8.46. The van der Waals surface area contributed by atoms with Gasteiger partial charge in [0.15, 0.2) is 5.76 Å². The van der Waals surface area contributed by atoms with Gasteiger partial charge in [0, 0.05) is 43.2 Å². The van der Waals surface area contributed by atoms with Gasteiger partial charge in [0.1, 0.15) is 5.69 Å². The van der Waals surface area contributed by atoms with Crippen molar-refractivity contribution < 1.29 is 9.32 Å². The summed E-state index contributed by atoms with van der Waals surface area (Å²) >= 11 is 0. The average Bonchev–Trinajstić information content (AvgIpc) is 3.03. The summed E-state index contributed by atoms with van der Waals surface area (Å²) in [6.07, 6.45) is 0. The number of amides is 1. The molecule has 1 amide bonds. The minimum absolute atomic E-state index is 0.230. The summed E-state index contributed by atoms with van der Waals surface area (Å²) in [4.78, 5) is 16.6. The number of hydrogen-bond donors (Lipinski definition) is 0. The molecule has 0 bridgehead atoms. The van der Waals surface area contributed by atoms with Gasteiger partial charge in [-0.25, -0.2) is 0 Å². The van der Waals surface area contributed by atoms with E-state index in [0.29, 0.717) is 0 Å². The van der Waals surface area contributed by atoms with Crippen LogP contribution in [0, 0.1) is 5.41 Å². The molecule has 2 heterocycles. The molecule has 0 atom stereocenters. The summed E-state index contributed by atoms with van der Waals surface area (Å²) in [5.74, 6) is 1.10. The summed E-state index contributed by atoms with van der Waals surface area (Å²) < 4.78 is 5.48. The van der Waals surface area contributed by atoms with Crippen molar-refractivity contribution in [2.24, 2.45) is 5.41 Å². The fourth-order valence-electron chi connectivity index (χ4n) is 2.94. The minimum Gasteiger partial charge on any atom is -0.359 e. The van der Waals surface area contributed by atoms with Crippen molar-refractivity contribution in [1.29, 1.82) is 0 Å². The molecule has 0 N–H and O–H groups in total. The van der Waals surface area contributed by atoms with Crippen LogP contribution in [-0.4, -0.2) is 47.0 Å². The molecule has 1 saturated heterocycles. The fraction of sp³-hybridized carbons (Fsp3) is 0.474. The van der Waals surface area contributed by atoms with Crippen LogP contribution >= 0.6 is 0 Å². The van der Waals surface area contributed by atoms with Crippen LogP contribution in [0.4, 0.5) is 0 Å². The van der Waals surface area contributed by atoms with Crippen molar-refractivity contribution in [3.8, 4) is 11.3 Å². The Labute approximate surface area is 143 Å². The Morgan fingerprint density at radius 3 is 2.42 bits per heavy atom. The van der Waals surface area contributed by atoms with Crippen molar-refractivity contribution in [2.75, 3.05) is 26.2 Å². The van der Waals surface area contributed by atoms with Gasteiger partial charge in [-0.2, -0.15) is 0 Å². The Morgan fingerprint density at radius 2 is 1.79 bits per heavy atom. The van der Waals surface area contributed by atoms with Gasteiger partial charge in [-0.15, -0.1) is 0 Å². The second-order valence-corrected chi connectivity index (χ2v) is 7.36. The van der Waals surface area contributed by atoms with Gasteiger partial charge in [0.2, 0.25) is 5.91 Å². The van der Waals surface area contributed by atoms with Crippen LogP contribution in [0.25, 0.3) is 11.3 Å². The monoisotopic (exact) mass is 327 g/mol. The second kappa shape index (κ2) is 6.77.